The molecule has 4 aromatic rings. The van der Waals surface area contributed by atoms with Crippen LogP contribution in [0.1, 0.15) is 102 Å². The number of ether oxygens (including phenoxy) is 3. The number of amides is 4. The highest BCUT2D eigenvalue weighted by Gasteiger charge is 2.43. The number of fused-ring (bicyclic) bond motifs is 2. The summed E-state index contributed by atoms with van der Waals surface area (Å²) >= 11 is 0. The zero-order valence-electron chi connectivity index (χ0n) is 37.8. The first-order valence-electron chi connectivity index (χ1n) is 22.4. The van der Waals surface area contributed by atoms with Crippen molar-refractivity contribution in [2.24, 2.45) is 23.7 Å². The Labute approximate surface area is 373 Å². The van der Waals surface area contributed by atoms with Crippen molar-refractivity contribution in [1.82, 2.24) is 40.4 Å². The summed E-state index contributed by atoms with van der Waals surface area (Å²) in [5.74, 6) is 3.10. The van der Waals surface area contributed by atoms with E-state index < -0.39 is 41.8 Å². The fourth-order valence-corrected chi connectivity index (χ4v) is 9.44. The van der Waals surface area contributed by atoms with Gasteiger partial charge >= 0.3 is 12.2 Å². The van der Waals surface area contributed by atoms with Gasteiger partial charge in [-0.25, -0.2) is 19.6 Å². The van der Waals surface area contributed by atoms with Gasteiger partial charge in [-0.3, -0.25) is 9.59 Å². The molecule has 2 aromatic heterocycles. The van der Waals surface area contributed by atoms with Gasteiger partial charge in [0.2, 0.25) is 11.8 Å². The van der Waals surface area contributed by atoms with E-state index in [0.717, 1.165) is 70.8 Å². The molecular weight excluding hydrogens is 813 g/mol. The SMILES string of the molecule is COC(=O)N[C@H](C(=O)N1CC(C2CC2)=C[C@H]1c1nc(-c2ccc3c(c2)Oc2ccc(-c4c[nH]c([C@@H]5C=C(C6CC6)CN5C(=O)[C@@H](NC(=O)OC)C(C)C)n4)cc2C3(C)C)c[nH]1)C(C)C. The van der Waals surface area contributed by atoms with E-state index in [1.807, 2.05) is 68.1 Å². The van der Waals surface area contributed by atoms with E-state index in [2.05, 4.69) is 64.8 Å². The van der Waals surface area contributed by atoms with Crippen LogP contribution < -0.4 is 15.4 Å². The molecule has 3 aliphatic heterocycles. The maximum atomic E-state index is 14.1. The van der Waals surface area contributed by atoms with E-state index >= 15 is 0 Å². The first-order valence-corrected chi connectivity index (χ1v) is 22.4. The Balaban J connectivity index is 0.948. The van der Waals surface area contributed by atoms with E-state index in [1.54, 1.807) is 0 Å². The van der Waals surface area contributed by atoms with Crippen molar-refractivity contribution in [3.8, 4) is 34.0 Å². The number of benzene rings is 2. The minimum atomic E-state index is -0.743. The minimum Gasteiger partial charge on any atom is -0.457 e. The standard InChI is InChI=1S/C49H58N8O7/c1-25(2)41(54-47(60)62-7)45(58)56-23-31(27-9-10-27)18-37(56)43-50-21-35(52-43)29-14-16-39-34(17-29)49(5,6)33-15-13-30(20-40(33)64-39)36-22-51-44(53-36)38-19-32(28-11-12-28)24-57(38)46(59)42(26(3)4)55-48(61)63-8/h13-22,25-28,37-38,41-42H,9-12,23-24H2,1-8H3,(H,50,52)(H,51,53)(H,54,60)(H,55,61)/t37-,38-,41-,42-/m0/s1. The van der Waals surface area contributed by atoms with Crippen LogP contribution in [0, 0.1) is 23.7 Å². The maximum absolute atomic E-state index is 14.1. The second-order valence-corrected chi connectivity index (χ2v) is 19.1. The lowest BCUT2D eigenvalue weighted by molar-refractivity contribution is -0.135. The van der Waals surface area contributed by atoms with Crippen LogP contribution in [-0.4, -0.2) is 93.1 Å². The van der Waals surface area contributed by atoms with Gasteiger partial charge in [0, 0.05) is 53.2 Å². The second kappa shape index (κ2) is 16.6. The number of imidazole rings is 2. The lowest BCUT2D eigenvalue weighted by Crippen LogP contribution is -2.51. The molecule has 0 saturated heterocycles. The summed E-state index contributed by atoms with van der Waals surface area (Å²) in [7, 11) is 2.59. The monoisotopic (exact) mass is 870 g/mol. The number of hydrogen-bond acceptors (Lipinski definition) is 9. The summed E-state index contributed by atoms with van der Waals surface area (Å²) in [6.07, 6.45) is 11.2. The number of alkyl carbamates (subject to hydrolysis) is 2. The van der Waals surface area contributed by atoms with Gasteiger partial charge in [-0.2, -0.15) is 0 Å². The molecule has 0 radical (unpaired) electrons. The van der Waals surface area contributed by atoms with Crippen molar-refractivity contribution < 1.29 is 33.4 Å². The van der Waals surface area contributed by atoms with Crippen molar-refractivity contribution >= 4 is 24.0 Å². The maximum Gasteiger partial charge on any atom is 0.407 e. The molecular formula is C49H58N8O7. The molecule has 5 aliphatic rings. The zero-order valence-corrected chi connectivity index (χ0v) is 37.8. The predicted octanol–water partition coefficient (Wildman–Crippen LogP) is 8.10. The molecule has 15 heteroatoms. The normalized spacial score (nSPS) is 20.8. The molecule has 2 saturated carbocycles. The second-order valence-electron chi connectivity index (χ2n) is 19.1. The minimum absolute atomic E-state index is 0.146. The van der Waals surface area contributed by atoms with Crippen LogP contribution in [0.25, 0.3) is 22.5 Å². The number of methoxy groups -OCH3 is 2. The molecule has 2 aromatic carbocycles. The summed E-state index contributed by atoms with van der Waals surface area (Å²) in [5.41, 5.74) is 7.34. The van der Waals surface area contributed by atoms with Gasteiger partial charge in [-0.05, 0) is 84.8 Å². The third-order valence-electron chi connectivity index (χ3n) is 13.5. The van der Waals surface area contributed by atoms with Gasteiger partial charge in [0.1, 0.15) is 47.3 Å². The first kappa shape index (κ1) is 42.9. The van der Waals surface area contributed by atoms with Crippen LogP contribution in [0.15, 0.2) is 72.1 Å². The van der Waals surface area contributed by atoms with Gasteiger partial charge in [0.05, 0.1) is 25.6 Å². The molecule has 2 fully saturated rings. The number of nitrogens with zero attached hydrogens (tertiary/aromatic N) is 4. The van der Waals surface area contributed by atoms with Crippen LogP contribution in [0.5, 0.6) is 11.5 Å². The van der Waals surface area contributed by atoms with E-state index in [9.17, 15) is 19.2 Å². The molecule has 2 aliphatic carbocycles. The van der Waals surface area contributed by atoms with Gasteiger partial charge in [-0.15, -0.1) is 0 Å². The van der Waals surface area contributed by atoms with E-state index in [-0.39, 0.29) is 23.7 Å². The average molecular weight is 871 g/mol. The number of H-pyrrole nitrogens is 2. The Morgan fingerprint density at radius 3 is 1.61 bits per heavy atom. The molecule has 0 spiro atoms. The molecule has 4 N–H and O–H groups in total. The van der Waals surface area contributed by atoms with Crippen molar-refractivity contribution in [2.75, 3.05) is 27.3 Å². The quantitative estimate of drug-likeness (QED) is 0.102. The topological polar surface area (TPSA) is 184 Å². The molecule has 0 bridgehead atoms. The Kier molecular flexibility index (Phi) is 11.1. The largest absolute Gasteiger partial charge is 0.457 e. The van der Waals surface area contributed by atoms with Crippen molar-refractivity contribution in [2.45, 2.75) is 96.8 Å². The van der Waals surface area contributed by atoms with Crippen molar-refractivity contribution in [3.63, 3.8) is 0 Å². The number of carbonyl (C=O) groups is 4. The van der Waals surface area contributed by atoms with Crippen molar-refractivity contribution in [1.29, 1.82) is 0 Å². The lowest BCUT2D eigenvalue weighted by Gasteiger charge is -2.35. The van der Waals surface area contributed by atoms with Gasteiger partial charge in [0.25, 0.3) is 0 Å². The molecule has 9 rings (SSSR count). The number of nitrogens with one attached hydrogen (secondary N) is 4. The predicted molar refractivity (Wildman–Crippen MR) is 239 cm³/mol. The van der Waals surface area contributed by atoms with Crippen LogP contribution in [0.3, 0.4) is 0 Å². The first-order chi connectivity index (χ1) is 30.6. The van der Waals surface area contributed by atoms with Crippen molar-refractivity contribution in [3.05, 3.63) is 94.9 Å². The smallest absolute Gasteiger partial charge is 0.407 e. The third-order valence-corrected chi connectivity index (χ3v) is 13.5. The third kappa shape index (κ3) is 8.04. The Morgan fingerprint density at radius 2 is 1.16 bits per heavy atom. The Morgan fingerprint density at radius 1 is 0.688 bits per heavy atom. The molecule has 4 atom stereocenters. The molecule has 5 heterocycles. The number of rotatable bonds is 12. The van der Waals surface area contributed by atoms with Gasteiger partial charge in [0.15, 0.2) is 0 Å². The number of carbonyl (C=O) groups excluding carboxylic acids is 4. The van der Waals surface area contributed by atoms with Gasteiger partial charge < -0.3 is 44.6 Å². The van der Waals surface area contributed by atoms with Crippen LogP contribution in [0.4, 0.5) is 9.59 Å². The Hall–Kier alpha value is -6.38. The summed E-state index contributed by atoms with van der Waals surface area (Å²) in [6, 6.07) is 10.0. The fraction of sp³-hybridized carbons (Fsp3) is 0.469. The van der Waals surface area contributed by atoms with Gasteiger partial charge in [-0.1, -0.05) is 65.8 Å². The average Bonchev–Trinajstić information content (AvgIpc) is 4.06. The highest BCUT2D eigenvalue weighted by atomic mass is 16.5. The van der Waals surface area contributed by atoms with Crippen LogP contribution >= 0.6 is 0 Å². The summed E-state index contributed by atoms with van der Waals surface area (Å²) in [5, 5.41) is 5.49. The highest BCUT2D eigenvalue weighted by Crippen LogP contribution is 2.50. The fourth-order valence-electron chi connectivity index (χ4n) is 9.44. The summed E-state index contributed by atoms with van der Waals surface area (Å²) in [6.45, 7) is 13.0. The van der Waals surface area contributed by atoms with E-state index in [1.165, 1.54) is 25.4 Å². The molecule has 4 amide bonds. The number of aromatic nitrogens is 4. The zero-order chi connectivity index (χ0) is 45.2. The van der Waals surface area contributed by atoms with E-state index in [4.69, 9.17) is 24.2 Å². The summed E-state index contributed by atoms with van der Waals surface area (Å²) in [4.78, 5) is 73.0. The summed E-state index contributed by atoms with van der Waals surface area (Å²) < 4.78 is 16.3. The Bertz CT molecular complexity index is 2560. The number of hydrogen-bond donors (Lipinski definition) is 4. The molecule has 336 valence electrons. The molecule has 0 unspecified atom stereocenters. The lowest BCUT2D eigenvalue weighted by atomic mass is 9.75. The number of aromatic amines is 2. The van der Waals surface area contributed by atoms with Crippen LogP contribution in [0.2, 0.25) is 0 Å². The highest BCUT2D eigenvalue weighted by molar-refractivity contribution is 5.88. The van der Waals surface area contributed by atoms with Crippen LogP contribution in [-0.2, 0) is 24.5 Å². The molecule has 64 heavy (non-hydrogen) atoms. The molecule has 15 nitrogen and oxygen atoms in total. The van der Waals surface area contributed by atoms with E-state index in [0.29, 0.717) is 36.6 Å².